The second-order valence-electron chi connectivity index (χ2n) is 12.4. The van der Waals surface area contributed by atoms with Gasteiger partial charge in [-0.15, -0.1) is 0 Å². The lowest BCUT2D eigenvalue weighted by Crippen LogP contribution is -2.03. The maximum absolute atomic E-state index is 6.52. The van der Waals surface area contributed by atoms with Crippen LogP contribution in [0.5, 0.6) is 0 Å². The molecule has 0 unspecified atom stereocenters. The Morgan fingerprint density at radius 2 is 0.940 bits per heavy atom. The van der Waals surface area contributed by atoms with Crippen LogP contribution in [0.2, 0.25) is 0 Å². The molecule has 0 bridgehead atoms. The minimum Gasteiger partial charge on any atom is -0.456 e. The average Bonchev–Trinajstić information content (AvgIpc) is 3.73. The highest BCUT2D eigenvalue weighted by Crippen LogP contribution is 2.42. The monoisotopic (exact) mass is 640 g/mol. The largest absolute Gasteiger partial charge is 0.456 e. The number of aromatic nitrogens is 4. The zero-order valence-electron chi connectivity index (χ0n) is 26.9. The Bertz CT molecular complexity index is 2800. The summed E-state index contributed by atoms with van der Waals surface area (Å²) in [7, 11) is 0. The lowest BCUT2D eigenvalue weighted by atomic mass is 9.99. The van der Waals surface area contributed by atoms with Gasteiger partial charge in [0.1, 0.15) is 11.2 Å². The van der Waals surface area contributed by atoms with Crippen molar-refractivity contribution >= 4 is 43.7 Å². The molecule has 0 N–H and O–H groups in total. The zero-order chi connectivity index (χ0) is 33.0. The van der Waals surface area contributed by atoms with Crippen LogP contribution in [0.1, 0.15) is 0 Å². The fourth-order valence-electron chi connectivity index (χ4n) is 7.19. The van der Waals surface area contributed by atoms with Gasteiger partial charge in [-0.1, -0.05) is 140 Å². The summed E-state index contributed by atoms with van der Waals surface area (Å²) < 4.78 is 8.86. The van der Waals surface area contributed by atoms with E-state index in [4.69, 9.17) is 19.4 Å². The molecule has 3 aromatic heterocycles. The number of benzene rings is 7. The van der Waals surface area contributed by atoms with E-state index >= 15 is 0 Å². The third-order valence-corrected chi connectivity index (χ3v) is 9.46. The van der Waals surface area contributed by atoms with Crippen molar-refractivity contribution in [2.24, 2.45) is 0 Å². The highest BCUT2D eigenvalue weighted by Gasteiger charge is 2.23. The molecule has 0 aliphatic carbocycles. The van der Waals surface area contributed by atoms with Gasteiger partial charge in [0.2, 0.25) is 0 Å². The smallest absolute Gasteiger partial charge is 0.166 e. The third kappa shape index (κ3) is 4.52. The average molecular weight is 641 g/mol. The molecule has 0 spiro atoms. The first-order chi connectivity index (χ1) is 24.8. The molecule has 10 rings (SSSR count). The van der Waals surface area contributed by atoms with Crippen LogP contribution in [0.3, 0.4) is 0 Å². The predicted molar refractivity (Wildman–Crippen MR) is 203 cm³/mol. The first-order valence-electron chi connectivity index (χ1n) is 16.7. The van der Waals surface area contributed by atoms with Gasteiger partial charge in [0, 0.05) is 44.3 Å². The van der Waals surface area contributed by atoms with Gasteiger partial charge in [0.05, 0.1) is 16.7 Å². The number of nitrogens with zero attached hydrogens (tertiary/aromatic N) is 4. The first-order valence-corrected chi connectivity index (χ1v) is 16.7. The van der Waals surface area contributed by atoms with E-state index in [-0.39, 0.29) is 0 Å². The van der Waals surface area contributed by atoms with Gasteiger partial charge in [-0.25, -0.2) is 15.0 Å². The Hall–Kier alpha value is -6.85. The lowest BCUT2D eigenvalue weighted by Gasteiger charge is -2.15. The van der Waals surface area contributed by atoms with E-state index in [1.807, 2.05) is 78.9 Å². The molecule has 0 atom stereocenters. The molecule has 0 saturated carbocycles. The van der Waals surface area contributed by atoms with E-state index in [2.05, 4.69) is 95.6 Å². The Labute approximate surface area is 287 Å². The SMILES string of the molecule is c1ccc(-c2nc(-c3ccccc3)nc(-c3cc4c(cc3-n3c5ccccc5c5c(-c6ccccc6)cccc53)oc3ccccc34)n2)cc1. The van der Waals surface area contributed by atoms with E-state index in [0.717, 1.165) is 55.3 Å². The molecule has 5 heteroatoms. The molecule has 50 heavy (non-hydrogen) atoms. The summed E-state index contributed by atoms with van der Waals surface area (Å²) in [6.45, 7) is 0. The van der Waals surface area contributed by atoms with Crippen LogP contribution in [0.4, 0.5) is 0 Å². The fraction of sp³-hybridized carbons (Fsp3) is 0. The summed E-state index contributed by atoms with van der Waals surface area (Å²) in [4.78, 5) is 15.4. The Morgan fingerprint density at radius 1 is 0.380 bits per heavy atom. The Balaban J connectivity index is 1.34. The summed E-state index contributed by atoms with van der Waals surface area (Å²) in [6.07, 6.45) is 0. The second-order valence-corrected chi connectivity index (χ2v) is 12.4. The summed E-state index contributed by atoms with van der Waals surface area (Å²) in [5.74, 6) is 1.82. The molecule has 0 amide bonds. The molecule has 0 radical (unpaired) electrons. The van der Waals surface area contributed by atoms with Crippen molar-refractivity contribution in [1.82, 2.24) is 19.5 Å². The van der Waals surface area contributed by atoms with Crippen molar-refractivity contribution in [3.63, 3.8) is 0 Å². The zero-order valence-corrected chi connectivity index (χ0v) is 26.9. The Morgan fingerprint density at radius 3 is 1.64 bits per heavy atom. The van der Waals surface area contributed by atoms with E-state index in [1.165, 1.54) is 21.9 Å². The molecular formula is C45H28N4O. The number of para-hydroxylation sites is 2. The van der Waals surface area contributed by atoms with Gasteiger partial charge >= 0.3 is 0 Å². The molecule has 0 saturated heterocycles. The number of hydrogen-bond acceptors (Lipinski definition) is 4. The summed E-state index contributed by atoms with van der Waals surface area (Å²) in [5, 5.41) is 4.41. The minimum absolute atomic E-state index is 0.588. The van der Waals surface area contributed by atoms with Gasteiger partial charge in [-0.05, 0) is 35.4 Å². The normalized spacial score (nSPS) is 11.6. The third-order valence-electron chi connectivity index (χ3n) is 9.46. The van der Waals surface area contributed by atoms with Gasteiger partial charge in [-0.2, -0.15) is 0 Å². The van der Waals surface area contributed by atoms with Crippen LogP contribution in [0.15, 0.2) is 174 Å². The Kier molecular flexibility index (Phi) is 6.42. The van der Waals surface area contributed by atoms with Crippen molar-refractivity contribution in [3.05, 3.63) is 170 Å². The molecule has 234 valence electrons. The van der Waals surface area contributed by atoms with Crippen LogP contribution >= 0.6 is 0 Å². The minimum atomic E-state index is 0.588. The van der Waals surface area contributed by atoms with Crippen molar-refractivity contribution in [2.45, 2.75) is 0 Å². The molecule has 10 aromatic rings. The number of rotatable bonds is 5. The van der Waals surface area contributed by atoms with Crippen LogP contribution in [0, 0.1) is 0 Å². The standard InChI is InChI=1S/C45H28N4O/c1-4-15-29(16-5-1)32-23-14-25-38-42(32)34-22-10-12-24-37(34)49(38)39-28-41-35(33-21-11-13-26-40(33)50-41)27-36(39)45-47-43(30-17-6-2-7-18-30)46-44(48-45)31-19-8-3-9-20-31/h1-28H. The topological polar surface area (TPSA) is 56.7 Å². The quantitative estimate of drug-likeness (QED) is 0.188. The van der Waals surface area contributed by atoms with Gasteiger partial charge < -0.3 is 8.98 Å². The molecule has 7 aromatic carbocycles. The van der Waals surface area contributed by atoms with E-state index in [1.54, 1.807) is 0 Å². The van der Waals surface area contributed by atoms with Crippen LogP contribution in [-0.2, 0) is 0 Å². The van der Waals surface area contributed by atoms with Gasteiger partial charge in [-0.3, -0.25) is 0 Å². The van der Waals surface area contributed by atoms with E-state index < -0.39 is 0 Å². The fourth-order valence-corrected chi connectivity index (χ4v) is 7.19. The predicted octanol–water partition coefficient (Wildman–Crippen LogP) is 11.5. The molecule has 0 fully saturated rings. The first kappa shape index (κ1) is 28.2. The van der Waals surface area contributed by atoms with Gasteiger partial charge in [0.15, 0.2) is 17.5 Å². The van der Waals surface area contributed by atoms with Crippen LogP contribution < -0.4 is 0 Å². The molecule has 3 heterocycles. The highest BCUT2D eigenvalue weighted by atomic mass is 16.3. The number of fused-ring (bicyclic) bond motifs is 6. The lowest BCUT2D eigenvalue weighted by molar-refractivity contribution is 0.668. The molecule has 5 nitrogen and oxygen atoms in total. The molecular weight excluding hydrogens is 613 g/mol. The second kappa shape index (κ2) is 11.4. The number of hydrogen-bond donors (Lipinski definition) is 0. The van der Waals surface area contributed by atoms with Crippen LogP contribution in [-0.4, -0.2) is 19.5 Å². The van der Waals surface area contributed by atoms with Gasteiger partial charge in [0.25, 0.3) is 0 Å². The molecule has 0 aliphatic rings. The number of furan rings is 1. The summed E-state index contributed by atoms with van der Waals surface area (Å²) >= 11 is 0. The van der Waals surface area contributed by atoms with Crippen molar-refractivity contribution in [1.29, 1.82) is 0 Å². The highest BCUT2D eigenvalue weighted by molar-refractivity contribution is 6.16. The van der Waals surface area contributed by atoms with E-state index in [0.29, 0.717) is 17.5 Å². The van der Waals surface area contributed by atoms with E-state index in [9.17, 15) is 0 Å². The summed E-state index contributed by atoms with van der Waals surface area (Å²) in [6, 6.07) is 58.5. The van der Waals surface area contributed by atoms with Crippen molar-refractivity contribution in [3.8, 4) is 51.0 Å². The molecule has 0 aliphatic heterocycles. The van der Waals surface area contributed by atoms with Crippen LogP contribution in [0.25, 0.3) is 94.7 Å². The van der Waals surface area contributed by atoms with Crippen molar-refractivity contribution in [2.75, 3.05) is 0 Å². The maximum Gasteiger partial charge on any atom is 0.166 e. The summed E-state index contributed by atoms with van der Waals surface area (Å²) in [5.41, 5.74) is 9.83. The maximum atomic E-state index is 6.52. The van der Waals surface area contributed by atoms with Crippen molar-refractivity contribution < 1.29 is 4.42 Å².